The topological polar surface area (TPSA) is 58.3 Å². The molecule has 0 aromatic rings. The van der Waals surface area contributed by atoms with Gasteiger partial charge in [0, 0.05) is 19.0 Å². The molecule has 3 heteroatoms. The summed E-state index contributed by atoms with van der Waals surface area (Å²) in [5.41, 5.74) is 4.94. The van der Waals surface area contributed by atoms with Gasteiger partial charge in [0.25, 0.3) is 0 Å². The van der Waals surface area contributed by atoms with Crippen LogP contribution in [-0.4, -0.2) is 30.3 Å². The van der Waals surface area contributed by atoms with Gasteiger partial charge < -0.3 is 16.2 Å². The summed E-state index contributed by atoms with van der Waals surface area (Å²) in [5, 5.41) is 13.4. The van der Waals surface area contributed by atoms with Gasteiger partial charge in [0.1, 0.15) is 0 Å². The van der Waals surface area contributed by atoms with E-state index in [4.69, 9.17) is 5.73 Å². The lowest BCUT2D eigenvalue weighted by Gasteiger charge is -2.37. The van der Waals surface area contributed by atoms with Crippen LogP contribution in [0, 0.1) is 5.92 Å². The third kappa shape index (κ3) is 1.97. The molecule has 72 valence electrons. The van der Waals surface area contributed by atoms with Gasteiger partial charge in [0.15, 0.2) is 0 Å². The minimum absolute atomic E-state index is 0.348. The van der Waals surface area contributed by atoms with E-state index in [-0.39, 0.29) is 0 Å². The zero-order chi connectivity index (χ0) is 9.03. The predicted molar refractivity (Wildman–Crippen MR) is 49.9 cm³/mol. The van der Waals surface area contributed by atoms with Gasteiger partial charge in [0.05, 0.1) is 5.60 Å². The van der Waals surface area contributed by atoms with Crippen LogP contribution in [0.15, 0.2) is 0 Å². The zero-order valence-electron chi connectivity index (χ0n) is 7.84. The fourth-order valence-electron chi connectivity index (χ4n) is 1.91. The van der Waals surface area contributed by atoms with E-state index in [2.05, 4.69) is 5.32 Å². The summed E-state index contributed by atoms with van der Waals surface area (Å²) >= 11 is 0. The van der Waals surface area contributed by atoms with E-state index >= 15 is 0 Å². The highest BCUT2D eigenvalue weighted by Gasteiger charge is 2.34. The van der Waals surface area contributed by atoms with Crippen LogP contribution >= 0.6 is 0 Å². The fourth-order valence-corrected chi connectivity index (χ4v) is 1.91. The van der Waals surface area contributed by atoms with E-state index in [0.717, 1.165) is 32.4 Å². The quantitative estimate of drug-likeness (QED) is 0.565. The highest BCUT2D eigenvalue weighted by Crippen LogP contribution is 2.25. The Labute approximate surface area is 74.3 Å². The molecule has 1 rings (SSSR count). The fraction of sp³-hybridized carbons (Fsp3) is 1.00. The lowest BCUT2D eigenvalue weighted by molar-refractivity contribution is -0.0226. The second-order valence-electron chi connectivity index (χ2n) is 3.70. The third-order valence-electron chi connectivity index (χ3n) is 3.02. The maximum absolute atomic E-state index is 10.1. The van der Waals surface area contributed by atoms with Gasteiger partial charge >= 0.3 is 0 Å². The molecule has 4 N–H and O–H groups in total. The highest BCUT2D eigenvalue weighted by atomic mass is 16.3. The highest BCUT2D eigenvalue weighted by molar-refractivity contribution is 4.89. The number of rotatable bonds is 3. The van der Waals surface area contributed by atoms with Gasteiger partial charge in [-0.2, -0.15) is 0 Å². The average Bonchev–Trinajstić information content (AvgIpc) is 2.18. The maximum Gasteiger partial charge on any atom is 0.0806 e. The minimum atomic E-state index is -0.632. The molecule has 1 saturated heterocycles. The molecule has 2 atom stereocenters. The van der Waals surface area contributed by atoms with Gasteiger partial charge in [0.2, 0.25) is 0 Å². The molecule has 1 heterocycles. The second-order valence-corrected chi connectivity index (χ2v) is 3.70. The molecule has 3 nitrogen and oxygen atoms in total. The minimum Gasteiger partial charge on any atom is -0.388 e. The zero-order valence-corrected chi connectivity index (χ0v) is 7.84. The third-order valence-corrected chi connectivity index (χ3v) is 3.02. The summed E-state index contributed by atoms with van der Waals surface area (Å²) in [5.74, 6) is 0.348. The Morgan fingerprint density at radius 1 is 1.67 bits per heavy atom. The van der Waals surface area contributed by atoms with Crippen LogP contribution in [0.1, 0.15) is 26.2 Å². The van der Waals surface area contributed by atoms with Crippen molar-refractivity contribution >= 4 is 0 Å². The number of nitrogens with one attached hydrogen (secondary N) is 1. The Morgan fingerprint density at radius 2 is 2.42 bits per heavy atom. The Balaban J connectivity index is 2.51. The molecule has 0 spiro atoms. The Kier molecular flexibility index (Phi) is 3.50. The summed E-state index contributed by atoms with van der Waals surface area (Å²) in [7, 11) is 0. The monoisotopic (exact) mass is 172 g/mol. The first-order valence-corrected chi connectivity index (χ1v) is 4.86. The van der Waals surface area contributed by atoms with Gasteiger partial charge in [-0.05, 0) is 25.8 Å². The Bertz CT molecular complexity index is 128. The van der Waals surface area contributed by atoms with Crippen molar-refractivity contribution in [2.45, 2.75) is 31.8 Å². The van der Waals surface area contributed by atoms with Gasteiger partial charge in [-0.25, -0.2) is 0 Å². The van der Waals surface area contributed by atoms with E-state index in [1.54, 1.807) is 0 Å². The summed E-state index contributed by atoms with van der Waals surface area (Å²) in [4.78, 5) is 0. The smallest absolute Gasteiger partial charge is 0.0806 e. The normalized spacial score (nSPS) is 29.8. The average molecular weight is 172 g/mol. The van der Waals surface area contributed by atoms with Crippen molar-refractivity contribution in [1.82, 2.24) is 5.32 Å². The van der Waals surface area contributed by atoms with Gasteiger partial charge in [-0.15, -0.1) is 0 Å². The summed E-state index contributed by atoms with van der Waals surface area (Å²) in [6, 6.07) is 0. The molecule has 1 fully saturated rings. The number of aliphatic hydroxyl groups is 1. The molecule has 0 amide bonds. The van der Waals surface area contributed by atoms with Crippen molar-refractivity contribution in [3.05, 3.63) is 0 Å². The van der Waals surface area contributed by atoms with Gasteiger partial charge in [-0.3, -0.25) is 0 Å². The lowest BCUT2D eigenvalue weighted by Crippen LogP contribution is -2.50. The molecule has 0 aromatic carbocycles. The van der Waals surface area contributed by atoms with Crippen LogP contribution < -0.4 is 11.1 Å². The van der Waals surface area contributed by atoms with E-state index in [1.165, 1.54) is 0 Å². The Morgan fingerprint density at radius 3 is 2.83 bits per heavy atom. The van der Waals surface area contributed by atoms with Crippen molar-refractivity contribution in [2.24, 2.45) is 11.7 Å². The summed E-state index contributed by atoms with van der Waals surface area (Å²) in [6.07, 6.45) is 3.03. The molecule has 0 saturated carbocycles. The van der Waals surface area contributed by atoms with E-state index < -0.39 is 5.60 Å². The number of nitrogens with two attached hydrogens (primary N) is 1. The first-order valence-electron chi connectivity index (χ1n) is 4.86. The molecule has 2 unspecified atom stereocenters. The van der Waals surface area contributed by atoms with E-state index in [1.807, 2.05) is 6.92 Å². The Hall–Kier alpha value is -0.120. The van der Waals surface area contributed by atoms with E-state index in [9.17, 15) is 5.11 Å². The van der Waals surface area contributed by atoms with Crippen LogP contribution in [0.5, 0.6) is 0 Å². The van der Waals surface area contributed by atoms with Crippen molar-refractivity contribution in [3.63, 3.8) is 0 Å². The number of piperidine rings is 1. The van der Waals surface area contributed by atoms with Crippen LogP contribution in [-0.2, 0) is 0 Å². The van der Waals surface area contributed by atoms with E-state index in [0.29, 0.717) is 12.5 Å². The first kappa shape index (κ1) is 9.96. The standard InChI is InChI=1S/C9H20N2O/c1-2-9(12,7-10)8-4-3-5-11-6-8/h8,11-12H,2-7,10H2,1H3. The molecule has 0 bridgehead atoms. The van der Waals surface area contributed by atoms with Crippen LogP contribution in [0.3, 0.4) is 0 Å². The van der Waals surface area contributed by atoms with Crippen LogP contribution in [0.2, 0.25) is 0 Å². The number of hydrogen-bond acceptors (Lipinski definition) is 3. The summed E-state index contributed by atoms with van der Waals surface area (Å²) in [6.45, 7) is 4.39. The molecule has 12 heavy (non-hydrogen) atoms. The molecular weight excluding hydrogens is 152 g/mol. The molecule has 0 radical (unpaired) electrons. The van der Waals surface area contributed by atoms with Gasteiger partial charge in [-0.1, -0.05) is 6.92 Å². The molecular formula is C9H20N2O. The molecule has 1 aliphatic heterocycles. The largest absolute Gasteiger partial charge is 0.388 e. The predicted octanol–water partition coefficient (Wildman–Crippen LogP) is 0.0858. The van der Waals surface area contributed by atoms with Crippen molar-refractivity contribution in [3.8, 4) is 0 Å². The molecule has 0 aliphatic carbocycles. The molecule has 1 aliphatic rings. The maximum atomic E-state index is 10.1. The lowest BCUT2D eigenvalue weighted by atomic mass is 9.80. The van der Waals surface area contributed by atoms with Crippen molar-refractivity contribution in [1.29, 1.82) is 0 Å². The number of hydrogen-bond donors (Lipinski definition) is 3. The summed E-state index contributed by atoms with van der Waals surface area (Å²) < 4.78 is 0. The van der Waals surface area contributed by atoms with Crippen molar-refractivity contribution in [2.75, 3.05) is 19.6 Å². The van der Waals surface area contributed by atoms with Crippen LogP contribution in [0.25, 0.3) is 0 Å². The van der Waals surface area contributed by atoms with Crippen molar-refractivity contribution < 1.29 is 5.11 Å². The SMILES string of the molecule is CCC(O)(CN)C1CCCNC1. The van der Waals surface area contributed by atoms with Crippen LogP contribution in [0.4, 0.5) is 0 Å². The second kappa shape index (κ2) is 4.21. The first-order chi connectivity index (χ1) is 5.73. The molecule has 0 aromatic heterocycles.